The van der Waals surface area contributed by atoms with Crippen molar-refractivity contribution in [2.45, 2.75) is 32.2 Å². The van der Waals surface area contributed by atoms with Gasteiger partial charge >= 0.3 is 11.9 Å². The molecule has 1 saturated heterocycles. The number of rotatable bonds is 0. The van der Waals surface area contributed by atoms with Crippen LogP contribution in [0.25, 0.3) is 0 Å². The van der Waals surface area contributed by atoms with Crippen LogP contribution in [0.5, 0.6) is 0 Å². The highest BCUT2D eigenvalue weighted by Crippen LogP contribution is 2.31. The van der Waals surface area contributed by atoms with Gasteiger partial charge in [0, 0.05) is 5.57 Å². The molecule has 1 fully saturated rings. The third-order valence-corrected chi connectivity index (χ3v) is 3.81. The lowest BCUT2D eigenvalue weighted by Gasteiger charge is -2.12. The molecule has 5 nitrogen and oxygen atoms in total. The van der Waals surface area contributed by atoms with Crippen LogP contribution in [0, 0.1) is 0 Å². The Morgan fingerprint density at radius 2 is 2.10 bits per heavy atom. The summed E-state index contributed by atoms with van der Waals surface area (Å²) in [6.07, 6.45) is 10.7. The van der Waals surface area contributed by atoms with Crippen molar-refractivity contribution in [3.05, 3.63) is 47.2 Å². The van der Waals surface area contributed by atoms with Gasteiger partial charge in [0.25, 0.3) is 0 Å². The topological polar surface area (TPSA) is 50.9 Å². The fourth-order valence-corrected chi connectivity index (χ4v) is 2.61. The fourth-order valence-electron chi connectivity index (χ4n) is 2.61. The van der Waals surface area contributed by atoms with Crippen molar-refractivity contribution >= 4 is 18.1 Å². The zero-order valence-electron chi connectivity index (χ0n) is 11.9. The predicted molar refractivity (Wildman–Crippen MR) is 76.6 cm³/mol. The van der Waals surface area contributed by atoms with E-state index in [4.69, 9.17) is 9.47 Å². The van der Waals surface area contributed by atoms with Gasteiger partial charge in [-0.3, -0.25) is 9.79 Å². The Labute approximate surface area is 122 Å². The maximum Gasteiger partial charge on any atom is 0.357 e. The summed E-state index contributed by atoms with van der Waals surface area (Å²) < 4.78 is 12.9. The van der Waals surface area contributed by atoms with Crippen molar-refractivity contribution in [3.63, 3.8) is 0 Å². The minimum absolute atomic E-state index is 0.198. The molecule has 0 aliphatic carbocycles. The Kier molecular flexibility index (Phi) is 2.37. The van der Waals surface area contributed by atoms with Gasteiger partial charge < -0.3 is 9.47 Å². The molecule has 0 aromatic heterocycles. The molecule has 0 bridgehead atoms. The Bertz CT molecular complexity index is 689. The van der Waals surface area contributed by atoms with Gasteiger partial charge in [-0.2, -0.15) is 0 Å². The highest BCUT2D eigenvalue weighted by Gasteiger charge is 2.36. The summed E-state index contributed by atoms with van der Waals surface area (Å²) in [5.74, 6) is 2.03. The van der Waals surface area contributed by atoms with Crippen molar-refractivity contribution in [1.29, 1.82) is 0 Å². The normalized spacial score (nSPS) is 28.8. The summed E-state index contributed by atoms with van der Waals surface area (Å²) in [4.78, 5) is 15.7. The van der Waals surface area contributed by atoms with E-state index < -0.39 is 0 Å². The summed E-state index contributed by atoms with van der Waals surface area (Å²) >= 11 is 0. The molecular weight excluding hydrogens is 268 g/mol. The molecule has 4 aliphatic rings. The standard InChI is InChI=1S/C16H15N2O3/c1-16(2)4-3-10-5-14(20-12(10)7-17-16)18-8-11-6-15(19)21-13(11)9-18/h3-4,7-9H,5-6H2,1-2H3/q+1. The van der Waals surface area contributed by atoms with E-state index in [-0.39, 0.29) is 11.5 Å². The third-order valence-electron chi connectivity index (χ3n) is 3.81. The summed E-state index contributed by atoms with van der Waals surface area (Å²) in [6.45, 7) is 4.11. The summed E-state index contributed by atoms with van der Waals surface area (Å²) in [5, 5.41) is 0. The van der Waals surface area contributed by atoms with E-state index in [2.05, 4.69) is 31.0 Å². The second-order valence-electron chi connectivity index (χ2n) is 6.01. The molecule has 0 amide bonds. The van der Waals surface area contributed by atoms with Crippen LogP contribution in [-0.4, -0.2) is 28.2 Å². The molecule has 0 unspecified atom stereocenters. The lowest BCUT2D eigenvalue weighted by molar-refractivity contribution is -0.387. The number of ether oxygens (including phenoxy) is 2. The molecule has 0 radical (unpaired) electrons. The van der Waals surface area contributed by atoms with Crippen LogP contribution in [-0.2, 0) is 14.3 Å². The number of esters is 1. The average molecular weight is 283 g/mol. The molecular formula is C16H15N2O3+. The molecule has 0 saturated carbocycles. The minimum Gasteiger partial charge on any atom is -0.419 e. The molecule has 0 aromatic carbocycles. The highest BCUT2D eigenvalue weighted by molar-refractivity contribution is 5.91. The van der Waals surface area contributed by atoms with E-state index in [1.807, 2.05) is 10.8 Å². The Hall–Kier alpha value is -2.43. The number of hydrogen-bond donors (Lipinski definition) is 0. The van der Waals surface area contributed by atoms with E-state index in [9.17, 15) is 4.79 Å². The first-order valence-electron chi connectivity index (χ1n) is 6.93. The molecule has 4 aliphatic heterocycles. The Morgan fingerprint density at radius 1 is 1.24 bits per heavy atom. The van der Waals surface area contributed by atoms with Gasteiger partial charge in [-0.1, -0.05) is 12.2 Å². The number of fused-ring (bicyclic) bond motifs is 1. The monoisotopic (exact) mass is 283 g/mol. The van der Waals surface area contributed by atoms with E-state index in [1.165, 1.54) is 0 Å². The number of aliphatic imine (C=N–C) groups is 1. The van der Waals surface area contributed by atoms with Crippen LogP contribution in [0.2, 0.25) is 0 Å². The molecule has 4 heterocycles. The fraction of sp³-hybridized carbons (Fsp3) is 0.312. The summed E-state index contributed by atoms with van der Waals surface area (Å²) in [7, 11) is 0. The van der Waals surface area contributed by atoms with Crippen LogP contribution in [0.1, 0.15) is 26.7 Å². The van der Waals surface area contributed by atoms with Gasteiger partial charge in [-0.15, -0.1) is 4.58 Å². The van der Waals surface area contributed by atoms with Crippen molar-refractivity contribution in [2.24, 2.45) is 4.99 Å². The maximum absolute atomic E-state index is 11.2. The van der Waals surface area contributed by atoms with Crippen molar-refractivity contribution in [3.8, 4) is 0 Å². The van der Waals surface area contributed by atoms with Crippen LogP contribution < -0.4 is 0 Å². The number of carbonyl (C=O) groups is 1. The van der Waals surface area contributed by atoms with Crippen LogP contribution in [0.4, 0.5) is 0 Å². The van der Waals surface area contributed by atoms with Gasteiger partial charge in [-0.05, 0) is 13.8 Å². The van der Waals surface area contributed by atoms with Gasteiger partial charge in [-0.25, -0.2) is 0 Å². The lowest BCUT2D eigenvalue weighted by atomic mass is 10.0. The average Bonchev–Trinajstić information content (AvgIpc) is 3.04. The molecule has 0 spiro atoms. The van der Waals surface area contributed by atoms with Crippen LogP contribution in [0.3, 0.4) is 0 Å². The smallest absolute Gasteiger partial charge is 0.357 e. The first-order valence-corrected chi connectivity index (χ1v) is 6.93. The second kappa shape index (κ2) is 4.04. The Balaban J connectivity index is 1.63. The number of nitrogens with zero attached hydrogens (tertiary/aromatic N) is 2. The van der Waals surface area contributed by atoms with Crippen molar-refractivity contribution in [2.75, 3.05) is 0 Å². The molecule has 5 heteroatoms. The lowest BCUT2D eigenvalue weighted by Crippen LogP contribution is -2.14. The van der Waals surface area contributed by atoms with E-state index in [0.29, 0.717) is 18.6 Å². The van der Waals surface area contributed by atoms with Crippen LogP contribution in [0.15, 0.2) is 52.2 Å². The number of hydrogen-bond acceptors (Lipinski definition) is 4. The first-order chi connectivity index (χ1) is 10.00. The predicted octanol–water partition coefficient (Wildman–Crippen LogP) is 2.18. The highest BCUT2D eigenvalue weighted by atomic mass is 16.5. The first kappa shape index (κ1) is 12.3. The number of allylic oxidation sites excluding steroid dienone is 3. The molecule has 21 heavy (non-hydrogen) atoms. The minimum atomic E-state index is -0.198. The molecule has 106 valence electrons. The van der Waals surface area contributed by atoms with Crippen molar-refractivity contribution < 1.29 is 18.8 Å². The third kappa shape index (κ3) is 2.05. The van der Waals surface area contributed by atoms with Gasteiger partial charge in [0.15, 0.2) is 12.0 Å². The summed E-state index contributed by atoms with van der Waals surface area (Å²) in [5.41, 5.74) is 1.82. The zero-order valence-corrected chi connectivity index (χ0v) is 11.9. The van der Waals surface area contributed by atoms with Gasteiger partial charge in [0.2, 0.25) is 12.0 Å². The molecule has 0 atom stereocenters. The summed E-state index contributed by atoms with van der Waals surface area (Å²) in [6, 6.07) is 0. The van der Waals surface area contributed by atoms with Crippen molar-refractivity contribution in [1.82, 2.24) is 0 Å². The number of carbonyl (C=O) groups excluding carboxylic acids is 1. The van der Waals surface area contributed by atoms with E-state index in [0.717, 1.165) is 22.8 Å². The molecule has 4 rings (SSSR count). The largest absolute Gasteiger partial charge is 0.419 e. The second-order valence-corrected chi connectivity index (χ2v) is 6.01. The zero-order chi connectivity index (χ0) is 14.6. The van der Waals surface area contributed by atoms with Gasteiger partial charge in [0.1, 0.15) is 0 Å². The van der Waals surface area contributed by atoms with E-state index in [1.54, 1.807) is 12.4 Å². The quantitative estimate of drug-likeness (QED) is 0.506. The Morgan fingerprint density at radius 3 is 2.90 bits per heavy atom. The van der Waals surface area contributed by atoms with Gasteiger partial charge in [0.05, 0.1) is 30.2 Å². The molecule has 0 N–H and O–H groups in total. The van der Waals surface area contributed by atoms with Crippen LogP contribution >= 0.6 is 0 Å². The SMILES string of the molecule is CC1(C)C=CC2=C(C=N1)OC(=[N+]1C=C3CC(=O)OC3=C1)C2. The van der Waals surface area contributed by atoms with E-state index >= 15 is 0 Å². The molecule has 0 aromatic rings. The maximum atomic E-state index is 11.2.